The van der Waals surface area contributed by atoms with Gasteiger partial charge < -0.3 is 0 Å². The summed E-state index contributed by atoms with van der Waals surface area (Å²) in [6.45, 7) is 3.83. The lowest BCUT2D eigenvalue weighted by molar-refractivity contribution is -0.120. The molecule has 0 radical (unpaired) electrons. The fourth-order valence-electron chi connectivity index (χ4n) is 2.02. The third-order valence-electron chi connectivity index (χ3n) is 3.40. The minimum Gasteiger partial charge on any atom is -0.272 e. The number of nitrogens with zero attached hydrogens (tertiary/aromatic N) is 1. The summed E-state index contributed by atoms with van der Waals surface area (Å²) in [4.78, 5) is 13.2. The molecule has 1 N–H and O–H groups in total. The molecule has 0 aliphatic carbocycles. The highest BCUT2D eigenvalue weighted by atomic mass is 32.2. The molecule has 3 nitrogen and oxygen atoms in total. The first kappa shape index (κ1) is 17.3. The Morgan fingerprint density at radius 2 is 1.70 bits per heavy atom. The van der Waals surface area contributed by atoms with Gasteiger partial charge in [-0.15, -0.1) is 11.8 Å². The minimum atomic E-state index is -0.178. The van der Waals surface area contributed by atoms with Crippen molar-refractivity contribution in [3.63, 3.8) is 0 Å². The highest BCUT2D eigenvalue weighted by Gasteiger charge is 2.13. The van der Waals surface area contributed by atoms with Crippen LogP contribution in [0.1, 0.15) is 25.8 Å². The Labute approximate surface area is 142 Å². The number of hydrazone groups is 1. The number of hydrogen-bond acceptors (Lipinski definition) is 3. The normalized spacial score (nSPS) is 12.7. The Morgan fingerprint density at radius 3 is 2.35 bits per heavy atom. The molecule has 23 heavy (non-hydrogen) atoms. The molecule has 2 rings (SSSR count). The van der Waals surface area contributed by atoms with E-state index >= 15 is 0 Å². The van der Waals surface area contributed by atoms with Crippen molar-refractivity contribution in [2.75, 3.05) is 0 Å². The fraction of sp³-hybridized carbons (Fsp3) is 0.263. The molecular formula is C19H22N2OS. The maximum absolute atomic E-state index is 12.1. The van der Waals surface area contributed by atoms with E-state index in [0.29, 0.717) is 0 Å². The highest BCUT2D eigenvalue weighted by Crippen LogP contribution is 2.22. The van der Waals surface area contributed by atoms with E-state index in [0.717, 1.165) is 23.4 Å². The predicted molar refractivity (Wildman–Crippen MR) is 97.8 cm³/mol. The van der Waals surface area contributed by atoms with Crippen LogP contribution in [-0.2, 0) is 11.2 Å². The molecule has 2 aromatic carbocycles. The molecule has 0 bridgehead atoms. The lowest BCUT2D eigenvalue weighted by atomic mass is 10.1. The molecular weight excluding hydrogens is 304 g/mol. The van der Waals surface area contributed by atoms with Crippen molar-refractivity contribution >= 4 is 23.4 Å². The molecule has 0 fully saturated rings. The molecule has 4 heteroatoms. The van der Waals surface area contributed by atoms with Crippen molar-refractivity contribution in [1.82, 2.24) is 5.43 Å². The van der Waals surface area contributed by atoms with Gasteiger partial charge in [-0.2, -0.15) is 5.10 Å². The Kier molecular flexibility index (Phi) is 6.88. The molecule has 0 unspecified atom stereocenters. The smallest absolute Gasteiger partial charge is 0.253 e. The number of thioether (sulfide) groups is 1. The molecule has 0 saturated carbocycles. The van der Waals surface area contributed by atoms with Crippen LogP contribution < -0.4 is 5.43 Å². The number of benzene rings is 2. The largest absolute Gasteiger partial charge is 0.272 e. The monoisotopic (exact) mass is 326 g/mol. The number of aryl methyl sites for hydroxylation is 1. The quantitative estimate of drug-likeness (QED) is 0.468. The van der Waals surface area contributed by atoms with Crippen LogP contribution in [0.15, 0.2) is 70.7 Å². The number of carbonyl (C=O) groups is 1. The highest BCUT2D eigenvalue weighted by molar-refractivity contribution is 8.00. The van der Waals surface area contributed by atoms with Crippen LogP contribution in [0.5, 0.6) is 0 Å². The minimum absolute atomic E-state index is 0.0714. The van der Waals surface area contributed by atoms with Crippen molar-refractivity contribution in [1.29, 1.82) is 0 Å². The SMILES string of the molecule is C/C(CCc1ccccc1)=N/NC(=O)[C@H](C)Sc1ccccc1. The van der Waals surface area contributed by atoms with Gasteiger partial charge >= 0.3 is 0 Å². The van der Waals surface area contributed by atoms with E-state index < -0.39 is 0 Å². The number of hydrogen-bond donors (Lipinski definition) is 1. The van der Waals surface area contributed by atoms with Gasteiger partial charge in [-0.05, 0) is 44.4 Å². The lowest BCUT2D eigenvalue weighted by Crippen LogP contribution is -2.27. The van der Waals surface area contributed by atoms with Crippen LogP contribution in [0.2, 0.25) is 0 Å². The van der Waals surface area contributed by atoms with Crippen LogP contribution in [0, 0.1) is 0 Å². The molecule has 2 aromatic rings. The summed E-state index contributed by atoms with van der Waals surface area (Å²) in [6.07, 6.45) is 1.77. The van der Waals surface area contributed by atoms with Crippen molar-refractivity contribution in [2.45, 2.75) is 36.8 Å². The first-order chi connectivity index (χ1) is 11.1. The van der Waals surface area contributed by atoms with E-state index in [1.807, 2.05) is 62.4 Å². The summed E-state index contributed by atoms with van der Waals surface area (Å²) in [5, 5.41) is 4.03. The average molecular weight is 326 g/mol. The van der Waals surface area contributed by atoms with Gasteiger partial charge in [0.1, 0.15) is 0 Å². The molecule has 0 heterocycles. The summed E-state index contributed by atoms with van der Waals surface area (Å²) in [5.74, 6) is -0.0714. The van der Waals surface area contributed by atoms with Gasteiger partial charge in [0.05, 0.1) is 5.25 Å². The van der Waals surface area contributed by atoms with Gasteiger partial charge in [-0.1, -0.05) is 48.5 Å². The third-order valence-corrected chi connectivity index (χ3v) is 4.51. The van der Waals surface area contributed by atoms with Crippen LogP contribution in [0.4, 0.5) is 0 Å². The number of carbonyl (C=O) groups excluding carboxylic acids is 1. The molecule has 1 atom stereocenters. The van der Waals surface area contributed by atoms with E-state index in [9.17, 15) is 4.79 Å². The van der Waals surface area contributed by atoms with E-state index in [-0.39, 0.29) is 11.2 Å². The topological polar surface area (TPSA) is 41.5 Å². The zero-order valence-corrected chi connectivity index (χ0v) is 14.3. The molecule has 0 saturated heterocycles. The number of amides is 1. The summed E-state index contributed by atoms with van der Waals surface area (Å²) >= 11 is 1.53. The second-order valence-corrected chi connectivity index (χ2v) is 6.80. The standard InChI is InChI=1S/C19H22N2OS/c1-15(13-14-17-9-5-3-6-10-17)20-21-19(22)16(2)23-18-11-7-4-8-12-18/h3-12,16H,13-14H2,1-2H3,(H,21,22)/b20-15-/t16-/m0/s1. The van der Waals surface area contributed by atoms with Gasteiger partial charge in [-0.3, -0.25) is 4.79 Å². The van der Waals surface area contributed by atoms with Gasteiger partial charge in [0, 0.05) is 10.6 Å². The van der Waals surface area contributed by atoms with Crippen molar-refractivity contribution < 1.29 is 4.79 Å². The first-order valence-electron chi connectivity index (χ1n) is 7.74. The van der Waals surface area contributed by atoms with Gasteiger partial charge in [0.25, 0.3) is 5.91 Å². The van der Waals surface area contributed by atoms with Crippen LogP contribution in [-0.4, -0.2) is 16.9 Å². The maximum Gasteiger partial charge on any atom is 0.253 e. The summed E-state index contributed by atoms with van der Waals surface area (Å²) < 4.78 is 0. The molecule has 0 aliphatic heterocycles. The summed E-state index contributed by atoms with van der Waals surface area (Å²) in [5.41, 5.74) is 4.88. The van der Waals surface area contributed by atoms with Crippen molar-refractivity contribution in [3.05, 3.63) is 66.2 Å². The van der Waals surface area contributed by atoms with E-state index in [1.54, 1.807) is 0 Å². The Hall–Kier alpha value is -2.07. The van der Waals surface area contributed by atoms with E-state index in [4.69, 9.17) is 0 Å². The van der Waals surface area contributed by atoms with Crippen LogP contribution in [0.25, 0.3) is 0 Å². The molecule has 0 aliphatic rings. The zero-order chi connectivity index (χ0) is 16.5. The maximum atomic E-state index is 12.1. The Balaban J connectivity index is 1.77. The second-order valence-electron chi connectivity index (χ2n) is 5.38. The van der Waals surface area contributed by atoms with E-state index in [1.165, 1.54) is 17.3 Å². The number of nitrogens with one attached hydrogen (secondary N) is 1. The average Bonchev–Trinajstić information content (AvgIpc) is 2.59. The van der Waals surface area contributed by atoms with Crippen LogP contribution in [0.3, 0.4) is 0 Å². The third kappa shape index (κ3) is 6.28. The molecule has 0 spiro atoms. The second kappa shape index (κ2) is 9.16. The zero-order valence-electron chi connectivity index (χ0n) is 13.5. The molecule has 120 valence electrons. The van der Waals surface area contributed by atoms with Crippen LogP contribution >= 0.6 is 11.8 Å². The molecule has 0 aromatic heterocycles. The predicted octanol–water partition coefficient (Wildman–Crippen LogP) is 4.29. The van der Waals surface area contributed by atoms with Gasteiger partial charge in [0.15, 0.2) is 0 Å². The lowest BCUT2D eigenvalue weighted by Gasteiger charge is -2.10. The van der Waals surface area contributed by atoms with Crippen molar-refractivity contribution in [3.8, 4) is 0 Å². The van der Waals surface area contributed by atoms with Gasteiger partial charge in [0.2, 0.25) is 0 Å². The van der Waals surface area contributed by atoms with E-state index in [2.05, 4.69) is 22.7 Å². The Morgan fingerprint density at radius 1 is 1.09 bits per heavy atom. The van der Waals surface area contributed by atoms with Crippen molar-refractivity contribution in [2.24, 2.45) is 5.10 Å². The number of rotatable bonds is 7. The first-order valence-corrected chi connectivity index (χ1v) is 8.62. The summed E-state index contributed by atoms with van der Waals surface area (Å²) in [6, 6.07) is 20.2. The van der Waals surface area contributed by atoms with Gasteiger partial charge in [-0.25, -0.2) is 5.43 Å². The summed E-state index contributed by atoms with van der Waals surface area (Å²) in [7, 11) is 0. The Bertz CT molecular complexity index is 641. The fourth-order valence-corrected chi connectivity index (χ4v) is 2.91. The molecule has 1 amide bonds.